The van der Waals surface area contributed by atoms with Gasteiger partial charge in [-0.05, 0) is 42.6 Å². The van der Waals surface area contributed by atoms with E-state index in [2.05, 4.69) is 53.5 Å². The van der Waals surface area contributed by atoms with Gasteiger partial charge >= 0.3 is 24.3 Å². The number of hydrogen-bond acceptors (Lipinski definition) is 7. The van der Waals surface area contributed by atoms with Crippen LogP contribution in [0.2, 0.25) is 0 Å². The third-order valence-electron chi connectivity index (χ3n) is 7.06. The molecule has 9 nitrogen and oxygen atoms in total. The van der Waals surface area contributed by atoms with Gasteiger partial charge in [0, 0.05) is 31.4 Å². The van der Waals surface area contributed by atoms with Crippen LogP contribution in [-0.4, -0.2) is 97.3 Å². The summed E-state index contributed by atoms with van der Waals surface area (Å²) in [6.07, 6.45) is -2.00. The van der Waals surface area contributed by atoms with E-state index in [-0.39, 0.29) is 18.1 Å². The number of benzene rings is 1. The first-order chi connectivity index (χ1) is 19.6. The molecule has 1 aliphatic heterocycles. The van der Waals surface area contributed by atoms with Crippen LogP contribution in [0.25, 0.3) is 6.08 Å². The van der Waals surface area contributed by atoms with Gasteiger partial charge in [0.25, 0.3) is 0 Å². The predicted octanol–water partition coefficient (Wildman–Crippen LogP) is 3.80. The second-order valence-corrected chi connectivity index (χ2v) is 13.2. The van der Waals surface area contributed by atoms with Crippen molar-refractivity contribution in [3.63, 3.8) is 0 Å². The van der Waals surface area contributed by atoms with E-state index >= 15 is 0 Å². The zero-order chi connectivity index (χ0) is 32.8. The Morgan fingerprint density at radius 1 is 1.00 bits per heavy atom. The number of aliphatic carboxylic acids is 2. The summed E-state index contributed by atoms with van der Waals surface area (Å²) in [7, 11) is -3.21. The van der Waals surface area contributed by atoms with Gasteiger partial charge in [0.15, 0.2) is 15.6 Å². The maximum Gasteiger partial charge on any atom is 0.490 e. The first kappa shape index (κ1) is 36.2. The van der Waals surface area contributed by atoms with Crippen molar-refractivity contribution in [2.75, 3.05) is 31.6 Å². The fraction of sp³-hybridized carbons (Fsp3) is 0.593. The number of alkyl halides is 6. The molecule has 0 aromatic heterocycles. The number of carboxylic acids is 2. The van der Waals surface area contributed by atoms with Gasteiger partial charge in [0.05, 0.1) is 6.54 Å². The summed E-state index contributed by atoms with van der Waals surface area (Å²) < 4.78 is 85.9. The molecule has 2 atom stereocenters. The number of ketones is 1. The second kappa shape index (κ2) is 14.2. The number of nitrogens with one attached hydrogen (secondary N) is 1. The molecule has 16 heteroatoms. The number of Topliss-reactive ketones (excluding diaryl/α,β-unsaturated/α-hetero) is 1. The molecule has 3 aliphatic rings. The largest absolute Gasteiger partial charge is 0.490 e. The van der Waals surface area contributed by atoms with Crippen LogP contribution in [0.4, 0.5) is 26.3 Å². The summed E-state index contributed by atoms with van der Waals surface area (Å²) in [6.45, 7) is 4.39. The van der Waals surface area contributed by atoms with Gasteiger partial charge in [-0.2, -0.15) is 26.3 Å². The van der Waals surface area contributed by atoms with Crippen LogP contribution >= 0.6 is 0 Å². The molecule has 1 aromatic rings. The number of carboxylic acid groups (broad SMARTS) is 2. The van der Waals surface area contributed by atoms with Crippen LogP contribution in [0.3, 0.4) is 0 Å². The normalized spacial score (nSPS) is 21.7. The number of hydrogen-bond donors (Lipinski definition) is 3. The van der Waals surface area contributed by atoms with E-state index in [4.69, 9.17) is 19.8 Å². The van der Waals surface area contributed by atoms with E-state index in [1.54, 1.807) is 5.57 Å². The number of likely N-dealkylation sites (tertiary alicyclic amines) is 1. The zero-order valence-electron chi connectivity index (χ0n) is 23.4. The van der Waals surface area contributed by atoms with Crippen LogP contribution in [0, 0.1) is 11.3 Å². The maximum atomic E-state index is 11.8. The number of sulfone groups is 1. The van der Waals surface area contributed by atoms with Gasteiger partial charge < -0.3 is 15.5 Å². The summed E-state index contributed by atoms with van der Waals surface area (Å²) in [5.41, 5.74) is 3.19. The monoisotopic (exact) mass is 644 g/mol. The van der Waals surface area contributed by atoms with Crippen molar-refractivity contribution in [2.24, 2.45) is 11.3 Å². The Morgan fingerprint density at radius 3 is 1.91 bits per heavy atom. The molecular weight excluding hydrogens is 610 g/mol. The molecule has 0 unspecified atom stereocenters. The van der Waals surface area contributed by atoms with Crippen molar-refractivity contribution >= 4 is 33.6 Å². The van der Waals surface area contributed by atoms with Gasteiger partial charge in [-0.3, -0.25) is 9.69 Å². The first-order valence-electron chi connectivity index (χ1n) is 13.2. The van der Waals surface area contributed by atoms with Crippen molar-refractivity contribution in [3.05, 3.63) is 41.5 Å². The lowest BCUT2D eigenvalue weighted by Crippen LogP contribution is -2.66. The van der Waals surface area contributed by atoms with Crippen LogP contribution in [0.1, 0.15) is 38.2 Å². The van der Waals surface area contributed by atoms with Crippen molar-refractivity contribution in [1.29, 1.82) is 0 Å². The van der Waals surface area contributed by atoms with Gasteiger partial charge in [0.1, 0.15) is 5.75 Å². The molecule has 0 bridgehead atoms. The Labute approximate surface area is 244 Å². The Bertz CT molecular complexity index is 1240. The Hall–Kier alpha value is -2.98. The molecule has 43 heavy (non-hydrogen) atoms. The van der Waals surface area contributed by atoms with E-state index in [1.807, 2.05) is 0 Å². The average molecular weight is 645 g/mol. The molecule has 0 amide bonds. The number of carbonyl (C=O) groups is 3. The van der Waals surface area contributed by atoms with Gasteiger partial charge in [-0.25, -0.2) is 18.0 Å². The van der Waals surface area contributed by atoms with E-state index in [0.29, 0.717) is 23.4 Å². The summed E-state index contributed by atoms with van der Waals surface area (Å²) in [4.78, 5) is 31.7. The Kier molecular flexibility index (Phi) is 12.0. The molecule has 1 saturated heterocycles. The van der Waals surface area contributed by atoms with E-state index in [0.717, 1.165) is 25.8 Å². The summed E-state index contributed by atoms with van der Waals surface area (Å²) in [5.74, 6) is -5.36. The van der Waals surface area contributed by atoms with Gasteiger partial charge in [-0.15, -0.1) is 0 Å². The number of carbonyl (C=O) groups excluding carboxylic acids is 1. The highest BCUT2D eigenvalue weighted by atomic mass is 32.2. The van der Waals surface area contributed by atoms with E-state index < -0.39 is 34.1 Å². The number of nitrogens with zero attached hydrogens (tertiary/aromatic N) is 1. The average Bonchev–Trinajstić information content (AvgIpc) is 3.58. The highest BCUT2D eigenvalue weighted by Gasteiger charge is 2.54. The summed E-state index contributed by atoms with van der Waals surface area (Å²) in [5, 5.41) is 18.1. The highest BCUT2D eigenvalue weighted by Crippen LogP contribution is 2.50. The number of halogens is 6. The van der Waals surface area contributed by atoms with Gasteiger partial charge in [0.2, 0.25) is 0 Å². The highest BCUT2D eigenvalue weighted by molar-refractivity contribution is 7.91. The fourth-order valence-corrected chi connectivity index (χ4v) is 5.97. The first-order valence-corrected chi connectivity index (χ1v) is 15.2. The van der Waals surface area contributed by atoms with E-state index in [9.17, 15) is 39.6 Å². The minimum absolute atomic E-state index is 0.186. The zero-order valence-corrected chi connectivity index (χ0v) is 24.2. The lowest BCUT2D eigenvalue weighted by atomic mass is 9.60. The third kappa shape index (κ3) is 12.3. The second-order valence-electron chi connectivity index (χ2n) is 11.1. The van der Waals surface area contributed by atoms with Crippen LogP contribution in [-0.2, 0) is 24.2 Å². The molecule has 4 rings (SSSR count). The van der Waals surface area contributed by atoms with Crippen molar-refractivity contribution in [2.45, 2.75) is 57.0 Å². The van der Waals surface area contributed by atoms with E-state index in [1.165, 1.54) is 24.8 Å². The molecule has 242 valence electrons. The standard InChI is InChI=1S/C23H32N2O3S.2C2HF3O2/c1-3-18(9-17-7-5-4-6-8-17)21-10-22(21)24-19-11-23(12-19)15-25(16-23)13-20(26)14-29(2,27)28;2*3-2(4,5)1(6)7/h4-9,19,21-22,24H,3,10-16H2,1-2H3;2*(H,6,7)/b18-9+;;/t21-,22+;;/m0../s1. The van der Waals surface area contributed by atoms with Crippen molar-refractivity contribution in [3.8, 4) is 0 Å². The lowest BCUT2D eigenvalue weighted by Gasteiger charge is -2.59. The minimum Gasteiger partial charge on any atom is -0.475 e. The SMILES string of the molecule is CC/C(=C\c1ccccc1)[C@@H]1C[C@H]1NC1CC2(C1)CN(CC(=O)CS(C)(=O)=O)C2.O=C(O)C(F)(F)F.O=C(O)C(F)(F)F. The minimum atomic E-state index is -5.08. The molecule has 3 N–H and O–H groups in total. The third-order valence-corrected chi connectivity index (χ3v) is 7.91. The van der Waals surface area contributed by atoms with Gasteiger partial charge in [-0.1, -0.05) is 48.9 Å². The number of rotatable bonds is 9. The van der Waals surface area contributed by atoms with Crippen molar-refractivity contribution in [1.82, 2.24) is 10.2 Å². The molecule has 2 aliphatic carbocycles. The Balaban J connectivity index is 0.000000384. The quantitative estimate of drug-likeness (QED) is 0.343. The van der Waals surface area contributed by atoms with Crippen LogP contribution in [0.15, 0.2) is 35.9 Å². The van der Waals surface area contributed by atoms with Crippen molar-refractivity contribution < 1.29 is 59.4 Å². The molecule has 2 saturated carbocycles. The lowest BCUT2D eigenvalue weighted by molar-refractivity contribution is -0.193. The molecular formula is C27H34F6N2O7S. The summed E-state index contributed by atoms with van der Waals surface area (Å²) >= 11 is 0. The topological polar surface area (TPSA) is 141 Å². The van der Waals surface area contributed by atoms with Crippen LogP contribution in [0.5, 0.6) is 0 Å². The molecule has 0 radical (unpaired) electrons. The molecule has 1 heterocycles. The predicted molar refractivity (Wildman–Crippen MR) is 144 cm³/mol. The fourth-order valence-electron chi connectivity index (χ4n) is 5.29. The smallest absolute Gasteiger partial charge is 0.475 e. The molecule has 1 aromatic carbocycles. The summed E-state index contributed by atoms with van der Waals surface area (Å²) in [6, 6.07) is 11.8. The maximum absolute atomic E-state index is 11.8. The Morgan fingerprint density at radius 2 is 1.49 bits per heavy atom. The van der Waals surface area contributed by atoms with Crippen LogP contribution < -0.4 is 5.32 Å². The molecule has 3 fully saturated rings. The molecule has 1 spiro atoms.